The fraction of sp³-hybridized carbons (Fsp3) is 0.522. The molecule has 8 nitrogen and oxygen atoms in total. The van der Waals surface area contributed by atoms with E-state index in [0.717, 1.165) is 68.4 Å². The van der Waals surface area contributed by atoms with Gasteiger partial charge in [-0.2, -0.15) is 0 Å². The Balaban J connectivity index is 1.44. The number of fused-ring (bicyclic) bond motifs is 1. The lowest BCUT2D eigenvalue weighted by Crippen LogP contribution is -2.35. The number of rotatable bonds is 7. The molecule has 2 fully saturated rings. The summed E-state index contributed by atoms with van der Waals surface area (Å²) in [5.74, 6) is 1.23. The van der Waals surface area contributed by atoms with Crippen LogP contribution in [-0.2, 0) is 0 Å². The fourth-order valence-electron chi connectivity index (χ4n) is 4.26. The van der Waals surface area contributed by atoms with Crippen LogP contribution in [0.1, 0.15) is 39.0 Å². The van der Waals surface area contributed by atoms with Gasteiger partial charge in [-0.25, -0.2) is 9.97 Å². The van der Waals surface area contributed by atoms with Crippen LogP contribution in [0.5, 0.6) is 5.75 Å². The maximum atomic E-state index is 6.22. The third-order valence-corrected chi connectivity index (χ3v) is 6.16. The van der Waals surface area contributed by atoms with E-state index < -0.39 is 0 Å². The van der Waals surface area contributed by atoms with Crippen molar-refractivity contribution in [1.82, 2.24) is 14.9 Å². The van der Waals surface area contributed by atoms with E-state index in [1.165, 1.54) is 6.20 Å². The standard InChI is InChI=1S/C23H33N7O/c1-2-30-10-8-18(9-11-30)26-15-19(13-24)28-23-27-14-16-4-3-5-21(22(16)29-23)31-20-7-6-17(25)12-20/h3-5,13-15,17-18,20H,2,6-12,24-25H2,1H3,(H,27,28,29)/b19-13+,26-15?. The van der Waals surface area contributed by atoms with Crippen LogP contribution < -0.4 is 21.5 Å². The normalized spacial score (nSPS) is 23.6. The molecule has 2 aliphatic rings. The molecular formula is C23H33N7O. The Hall–Kier alpha value is -2.71. The summed E-state index contributed by atoms with van der Waals surface area (Å²) in [7, 11) is 0. The van der Waals surface area contributed by atoms with Crippen LogP contribution in [0.4, 0.5) is 5.95 Å². The van der Waals surface area contributed by atoms with Crippen LogP contribution in [0.25, 0.3) is 10.9 Å². The number of aliphatic imine (C=N–C) groups is 1. The van der Waals surface area contributed by atoms with Crippen molar-refractivity contribution in [3.63, 3.8) is 0 Å². The van der Waals surface area contributed by atoms with E-state index >= 15 is 0 Å². The molecule has 2 unspecified atom stereocenters. The molecule has 2 aromatic rings. The third kappa shape index (κ3) is 5.51. The molecule has 5 N–H and O–H groups in total. The van der Waals surface area contributed by atoms with Crippen LogP contribution >= 0.6 is 0 Å². The second-order valence-electron chi connectivity index (χ2n) is 8.39. The number of likely N-dealkylation sites (tertiary alicyclic amines) is 1. The van der Waals surface area contributed by atoms with Gasteiger partial charge < -0.3 is 26.4 Å². The molecule has 0 radical (unpaired) electrons. The summed E-state index contributed by atoms with van der Waals surface area (Å²) in [5.41, 5.74) is 13.3. The Morgan fingerprint density at radius 3 is 2.84 bits per heavy atom. The van der Waals surface area contributed by atoms with E-state index in [-0.39, 0.29) is 12.1 Å². The van der Waals surface area contributed by atoms with Crippen molar-refractivity contribution >= 4 is 23.1 Å². The van der Waals surface area contributed by atoms with E-state index in [4.69, 9.17) is 26.2 Å². The summed E-state index contributed by atoms with van der Waals surface area (Å²) >= 11 is 0. The molecule has 1 aromatic heterocycles. The van der Waals surface area contributed by atoms with Gasteiger partial charge in [0.05, 0.1) is 11.7 Å². The van der Waals surface area contributed by atoms with Gasteiger partial charge in [0, 0.05) is 43.1 Å². The molecule has 0 bridgehead atoms. The van der Waals surface area contributed by atoms with E-state index in [2.05, 4.69) is 22.1 Å². The summed E-state index contributed by atoms with van der Waals surface area (Å²) in [4.78, 5) is 16.3. The average Bonchev–Trinajstić information content (AvgIpc) is 3.21. The summed E-state index contributed by atoms with van der Waals surface area (Å²) in [6.45, 7) is 5.49. The van der Waals surface area contributed by atoms with Crippen molar-refractivity contribution < 1.29 is 4.74 Å². The lowest BCUT2D eigenvalue weighted by molar-refractivity contribution is 0.210. The second-order valence-corrected chi connectivity index (χ2v) is 8.39. The molecule has 2 atom stereocenters. The molecule has 31 heavy (non-hydrogen) atoms. The molecule has 0 amide bonds. The van der Waals surface area contributed by atoms with Gasteiger partial charge in [-0.15, -0.1) is 0 Å². The zero-order chi connectivity index (χ0) is 21.6. The van der Waals surface area contributed by atoms with E-state index in [1.54, 1.807) is 12.4 Å². The number of piperidine rings is 1. The molecule has 1 aliphatic carbocycles. The van der Waals surface area contributed by atoms with Gasteiger partial charge in [0.25, 0.3) is 0 Å². The molecule has 1 aliphatic heterocycles. The third-order valence-electron chi connectivity index (χ3n) is 6.16. The van der Waals surface area contributed by atoms with Crippen molar-refractivity contribution in [2.24, 2.45) is 16.5 Å². The largest absolute Gasteiger partial charge is 0.488 e. The highest BCUT2D eigenvalue weighted by atomic mass is 16.5. The van der Waals surface area contributed by atoms with Crippen molar-refractivity contribution in [2.45, 2.75) is 57.2 Å². The van der Waals surface area contributed by atoms with E-state index in [0.29, 0.717) is 17.7 Å². The van der Waals surface area contributed by atoms with Crippen molar-refractivity contribution in [3.8, 4) is 5.75 Å². The van der Waals surface area contributed by atoms with Gasteiger partial charge in [-0.1, -0.05) is 19.1 Å². The minimum Gasteiger partial charge on any atom is -0.488 e. The molecule has 166 valence electrons. The maximum Gasteiger partial charge on any atom is 0.227 e. The predicted molar refractivity (Wildman–Crippen MR) is 125 cm³/mol. The topological polar surface area (TPSA) is 115 Å². The van der Waals surface area contributed by atoms with Crippen molar-refractivity contribution in [2.75, 3.05) is 25.0 Å². The van der Waals surface area contributed by atoms with Gasteiger partial charge in [0.15, 0.2) is 0 Å². The first-order valence-corrected chi connectivity index (χ1v) is 11.3. The fourth-order valence-corrected chi connectivity index (χ4v) is 4.26. The molecule has 4 rings (SSSR count). The Labute approximate surface area is 183 Å². The predicted octanol–water partition coefficient (Wildman–Crippen LogP) is 2.66. The number of anilines is 1. The summed E-state index contributed by atoms with van der Waals surface area (Å²) in [5, 5.41) is 4.12. The SMILES string of the molecule is CCN1CCC(N=C/C(=C\N)Nc2ncc3cccc(OC4CCC(N)C4)c3n2)CC1. The molecule has 0 spiro atoms. The maximum absolute atomic E-state index is 6.22. The Kier molecular flexibility index (Phi) is 6.99. The second kappa shape index (κ2) is 10.1. The quantitative estimate of drug-likeness (QED) is 0.587. The Morgan fingerprint density at radius 2 is 2.13 bits per heavy atom. The molecule has 8 heteroatoms. The van der Waals surface area contributed by atoms with Gasteiger partial charge >= 0.3 is 0 Å². The lowest BCUT2D eigenvalue weighted by Gasteiger charge is -2.28. The number of hydrogen-bond donors (Lipinski definition) is 3. The molecular weight excluding hydrogens is 390 g/mol. The first kappa shape index (κ1) is 21.5. The number of benzene rings is 1. The number of allylic oxidation sites excluding steroid dienone is 1. The highest BCUT2D eigenvalue weighted by molar-refractivity contribution is 5.86. The zero-order valence-corrected chi connectivity index (χ0v) is 18.2. The zero-order valence-electron chi connectivity index (χ0n) is 18.2. The van der Waals surface area contributed by atoms with Crippen LogP contribution in [-0.4, -0.2) is 58.9 Å². The smallest absolute Gasteiger partial charge is 0.227 e. The van der Waals surface area contributed by atoms with Crippen LogP contribution in [0.3, 0.4) is 0 Å². The number of nitrogens with two attached hydrogens (primary N) is 2. The minimum absolute atomic E-state index is 0.137. The number of para-hydroxylation sites is 1. The van der Waals surface area contributed by atoms with E-state index in [9.17, 15) is 0 Å². The van der Waals surface area contributed by atoms with Crippen molar-refractivity contribution in [3.05, 3.63) is 36.3 Å². The first-order valence-electron chi connectivity index (χ1n) is 11.3. The summed E-state index contributed by atoms with van der Waals surface area (Å²) in [6, 6.07) is 6.45. The minimum atomic E-state index is 0.137. The van der Waals surface area contributed by atoms with Gasteiger partial charge in [-0.3, -0.25) is 4.99 Å². The lowest BCUT2D eigenvalue weighted by atomic mass is 10.1. The first-order chi connectivity index (χ1) is 15.1. The monoisotopic (exact) mass is 423 g/mol. The van der Waals surface area contributed by atoms with Crippen LogP contribution in [0.15, 0.2) is 41.3 Å². The number of nitrogens with one attached hydrogen (secondary N) is 1. The van der Waals surface area contributed by atoms with Crippen LogP contribution in [0.2, 0.25) is 0 Å². The van der Waals surface area contributed by atoms with Gasteiger partial charge in [0.2, 0.25) is 5.95 Å². The molecule has 1 saturated heterocycles. The number of aromatic nitrogens is 2. The van der Waals surface area contributed by atoms with Crippen molar-refractivity contribution in [1.29, 1.82) is 0 Å². The molecule has 1 aromatic carbocycles. The number of hydrogen-bond acceptors (Lipinski definition) is 8. The van der Waals surface area contributed by atoms with Gasteiger partial charge in [-0.05, 0) is 44.7 Å². The summed E-state index contributed by atoms with van der Waals surface area (Å²) < 4.78 is 6.22. The molecule has 1 saturated carbocycles. The Morgan fingerprint density at radius 1 is 1.29 bits per heavy atom. The number of nitrogens with zero attached hydrogens (tertiary/aromatic N) is 4. The highest BCUT2D eigenvalue weighted by Crippen LogP contribution is 2.29. The average molecular weight is 424 g/mol. The summed E-state index contributed by atoms with van der Waals surface area (Å²) in [6.07, 6.45) is 10.2. The molecule has 2 heterocycles. The highest BCUT2D eigenvalue weighted by Gasteiger charge is 2.24. The van der Waals surface area contributed by atoms with Gasteiger partial charge in [0.1, 0.15) is 17.4 Å². The number of ether oxygens (including phenoxy) is 1. The van der Waals surface area contributed by atoms with Crippen LogP contribution in [0, 0.1) is 0 Å². The van der Waals surface area contributed by atoms with E-state index in [1.807, 2.05) is 18.2 Å². The Bertz CT molecular complexity index is 937.